The number of benzene rings is 1. The number of aliphatic carboxylic acids is 1. The van der Waals surface area contributed by atoms with E-state index in [2.05, 4.69) is 0 Å². The topological polar surface area (TPSA) is 72.5 Å². The van der Waals surface area contributed by atoms with E-state index in [-0.39, 0.29) is 12.0 Å². The number of carbonyl (C=O) groups is 1. The molecule has 0 fully saturated rings. The molecule has 0 bridgehead atoms. The number of ether oxygens (including phenoxy) is 1. The second kappa shape index (κ2) is 5.29. The van der Waals surface area contributed by atoms with Crippen molar-refractivity contribution in [3.05, 3.63) is 23.8 Å². The van der Waals surface area contributed by atoms with Crippen molar-refractivity contribution in [2.24, 2.45) is 5.92 Å². The van der Waals surface area contributed by atoms with Crippen LogP contribution >= 0.6 is 0 Å². The summed E-state index contributed by atoms with van der Waals surface area (Å²) in [6.07, 6.45) is 2.99. The second-order valence-electron chi connectivity index (χ2n) is 4.82. The van der Waals surface area contributed by atoms with Crippen molar-refractivity contribution >= 4 is 11.7 Å². The maximum absolute atomic E-state index is 11.0. The van der Waals surface area contributed by atoms with Gasteiger partial charge in [0.25, 0.3) is 0 Å². The van der Waals surface area contributed by atoms with Gasteiger partial charge in [-0.2, -0.15) is 0 Å². The highest BCUT2D eigenvalue weighted by Crippen LogP contribution is 2.31. The van der Waals surface area contributed by atoms with E-state index in [4.69, 9.17) is 15.6 Å². The van der Waals surface area contributed by atoms with Crippen LogP contribution in [0.15, 0.2) is 18.2 Å². The minimum atomic E-state index is -0.732. The van der Waals surface area contributed by atoms with Gasteiger partial charge in [-0.3, -0.25) is 4.79 Å². The summed E-state index contributed by atoms with van der Waals surface area (Å²) in [7, 11) is 0. The summed E-state index contributed by atoms with van der Waals surface area (Å²) in [6, 6.07) is 5.62. The van der Waals surface area contributed by atoms with Crippen LogP contribution in [0.3, 0.4) is 0 Å². The highest BCUT2D eigenvalue weighted by Gasteiger charge is 2.25. The summed E-state index contributed by atoms with van der Waals surface area (Å²) in [4.78, 5) is 11.0. The first-order valence-corrected chi connectivity index (χ1v) is 6.38. The molecule has 0 saturated carbocycles. The number of anilines is 1. The van der Waals surface area contributed by atoms with Crippen molar-refractivity contribution < 1.29 is 14.6 Å². The molecular formula is C14H19NO3. The van der Waals surface area contributed by atoms with E-state index in [0.29, 0.717) is 12.8 Å². The fraction of sp³-hybridized carbons (Fsp3) is 0.500. The number of carboxylic acids is 1. The number of nitrogens with two attached hydrogens (primary N) is 1. The summed E-state index contributed by atoms with van der Waals surface area (Å²) in [5, 5.41) is 9.06. The molecule has 1 aliphatic rings. The normalized spacial score (nSPS) is 19.7. The van der Waals surface area contributed by atoms with E-state index in [0.717, 1.165) is 29.8 Å². The zero-order valence-electron chi connectivity index (χ0n) is 10.6. The van der Waals surface area contributed by atoms with Crippen molar-refractivity contribution in [3.8, 4) is 5.75 Å². The zero-order chi connectivity index (χ0) is 13.1. The maximum Gasteiger partial charge on any atom is 0.306 e. The van der Waals surface area contributed by atoms with Crippen LogP contribution in [-0.4, -0.2) is 17.2 Å². The van der Waals surface area contributed by atoms with E-state index in [1.54, 1.807) is 0 Å². The van der Waals surface area contributed by atoms with Gasteiger partial charge in [-0.1, -0.05) is 6.92 Å². The van der Waals surface area contributed by atoms with Gasteiger partial charge in [0.2, 0.25) is 0 Å². The molecular weight excluding hydrogens is 230 g/mol. The molecule has 98 valence electrons. The van der Waals surface area contributed by atoms with Crippen LogP contribution in [0.4, 0.5) is 5.69 Å². The first kappa shape index (κ1) is 12.7. The van der Waals surface area contributed by atoms with Gasteiger partial charge < -0.3 is 15.6 Å². The Hall–Kier alpha value is -1.71. The lowest BCUT2D eigenvalue weighted by Gasteiger charge is -2.28. The van der Waals surface area contributed by atoms with Crippen LogP contribution in [0.2, 0.25) is 0 Å². The summed E-state index contributed by atoms with van der Waals surface area (Å²) in [5.74, 6) is -0.199. The molecule has 0 spiro atoms. The van der Waals surface area contributed by atoms with Crippen LogP contribution in [0.1, 0.15) is 31.7 Å². The average molecular weight is 249 g/mol. The van der Waals surface area contributed by atoms with Gasteiger partial charge in [0.1, 0.15) is 5.75 Å². The summed E-state index contributed by atoms with van der Waals surface area (Å²) >= 11 is 0. The van der Waals surface area contributed by atoms with Crippen molar-refractivity contribution in [2.45, 2.75) is 38.7 Å². The van der Waals surface area contributed by atoms with E-state index < -0.39 is 5.97 Å². The third kappa shape index (κ3) is 2.75. The van der Waals surface area contributed by atoms with Crippen molar-refractivity contribution in [1.29, 1.82) is 0 Å². The lowest BCUT2D eigenvalue weighted by molar-refractivity contribution is -0.142. The Bertz CT molecular complexity index is 445. The zero-order valence-corrected chi connectivity index (χ0v) is 10.6. The smallest absolute Gasteiger partial charge is 0.306 e. The minimum absolute atomic E-state index is 0.00201. The second-order valence-corrected chi connectivity index (χ2v) is 4.82. The molecule has 1 heterocycles. The molecule has 0 radical (unpaired) electrons. The standard InChI is InChI=1S/C14H19NO3/c1-2-9(14(16)17)8-12-5-3-10-7-11(15)4-6-13(10)18-12/h4,6-7,9,12H,2-3,5,8,15H2,1H3,(H,16,17)/t9?,12-/m1/s1. The monoisotopic (exact) mass is 249 g/mol. The molecule has 2 rings (SSSR count). The first-order chi connectivity index (χ1) is 8.60. The van der Waals surface area contributed by atoms with Crippen LogP contribution in [-0.2, 0) is 11.2 Å². The number of rotatable bonds is 4. The summed E-state index contributed by atoms with van der Waals surface area (Å²) in [6.45, 7) is 1.90. The molecule has 2 atom stereocenters. The van der Waals surface area contributed by atoms with E-state index in [9.17, 15) is 4.79 Å². The lowest BCUT2D eigenvalue weighted by atomic mass is 9.93. The Morgan fingerprint density at radius 3 is 3.06 bits per heavy atom. The van der Waals surface area contributed by atoms with Gasteiger partial charge >= 0.3 is 5.97 Å². The van der Waals surface area contributed by atoms with Gasteiger partial charge in [-0.25, -0.2) is 0 Å². The molecule has 3 N–H and O–H groups in total. The van der Waals surface area contributed by atoms with Crippen molar-refractivity contribution in [1.82, 2.24) is 0 Å². The van der Waals surface area contributed by atoms with Crippen LogP contribution in [0, 0.1) is 5.92 Å². The van der Waals surface area contributed by atoms with Gasteiger partial charge in [0.05, 0.1) is 12.0 Å². The third-order valence-corrected chi connectivity index (χ3v) is 3.50. The Kier molecular flexibility index (Phi) is 3.75. The number of nitrogen functional groups attached to an aromatic ring is 1. The molecule has 4 heteroatoms. The minimum Gasteiger partial charge on any atom is -0.490 e. The van der Waals surface area contributed by atoms with Crippen LogP contribution in [0.25, 0.3) is 0 Å². The van der Waals surface area contributed by atoms with E-state index in [1.165, 1.54) is 0 Å². The molecule has 18 heavy (non-hydrogen) atoms. The molecule has 0 saturated heterocycles. The number of aryl methyl sites for hydroxylation is 1. The SMILES string of the molecule is CCC(C[C@H]1CCc2cc(N)ccc2O1)C(=O)O. The fourth-order valence-corrected chi connectivity index (χ4v) is 2.39. The molecule has 1 unspecified atom stereocenters. The van der Waals surface area contributed by atoms with Gasteiger partial charge in [-0.05, 0) is 49.4 Å². The Labute approximate surface area is 107 Å². The van der Waals surface area contributed by atoms with Gasteiger partial charge in [0, 0.05) is 5.69 Å². The number of carboxylic acid groups (broad SMARTS) is 1. The lowest BCUT2D eigenvalue weighted by Crippen LogP contribution is -2.28. The first-order valence-electron chi connectivity index (χ1n) is 6.38. The average Bonchev–Trinajstić information content (AvgIpc) is 2.35. The fourth-order valence-electron chi connectivity index (χ4n) is 2.39. The maximum atomic E-state index is 11.0. The molecule has 1 aromatic rings. The van der Waals surface area contributed by atoms with Gasteiger partial charge in [-0.15, -0.1) is 0 Å². The number of hydrogen-bond donors (Lipinski definition) is 2. The predicted octanol–water partition coefficient (Wildman–Crippen LogP) is 2.46. The molecule has 1 aliphatic heterocycles. The van der Waals surface area contributed by atoms with E-state index >= 15 is 0 Å². The molecule has 0 aliphatic carbocycles. The third-order valence-electron chi connectivity index (χ3n) is 3.50. The Morgan fingerprint density at radius 1 is 1.61 bits per heavy atom. The molecule has 0 amide bonds. The Morgan fingerprint density at radius 2 is 2.39 bits per heavy atom. The van der Waals surface area contributed by atoms with Crippen LogP contribution < -0.4 is 10.5 Å². The summed E-state index contributed by atoms with van der Waals surface area (Å²) < 4.78 is 5.85. The molecule has 4 nitrogen and oxygen atoms in total. The highest BCUT2D eigenvalue weighted by molar-refractivity contribution is 5.69. The predicted molar refractivity (Wildman–Crippen MR) is 69.6 cm³/mol. The van der Waals surface area contributed by atoms with Crippen LogP contribution in [0.5, 0.6) is 5.75 Å². The van der Waals surface area contributed by atoms with Crippen molar-refractivity contribution in [3.63, 3.8) is 0 Å². The number of hydrogen-bond acceptors (Lipinski definition) is 3. The summed E-state index contributed by atoms with van der Waals surface area (Å²) in [5.41, 5.74) is 7.59. The quantitative estimate of drug-likeness (QED) is 0.804. The molecule has 1 aromatic carbocycles. The van der Waals surface area contributed by atoms with E-state index in [1.807, 2.05) is 25.1 Å². The highest BCUT2D eigenvalue weighted by atomic mass is 16.5. The number of fused-ring (bicyclic) bond motifs is 1. The molecule has 0 aromatic heterocycles. The Balaban J connectivity index is 2.03. The largest absolute Gasteiger partial charge is 0.490 e. The van der Waals surface area contributed by atoms with Gasteiger partial charge in [0.15, 0.2) is 0 Å². The van der Waals surface area contributed by atoms with Crippen molar-refractivity contribution in [2.75, 3.05) is 5.73 Å².